The van der Waals surface area contributed by atoms with Crippen molar-refractivity contribution in [2.45, 2.75) is 75.5 Å². The molecule has 0 bridgehead atoms. The number of carboxylic acids is 2. The first-order valence-corrected chi connectivity index (χ1v) is 15.1. The summed E-state index contributed by atoms with van der Waals surface area (Å²) in [7, 11) is 0. The number of amides is 2. The number of ether oxygens (including phenoxy) is 2. The van der Waals surface area contributed by atoms with Crippen LogP contribution in [0.3, 0.4) is 0 Å². The van der Waals surface area contributed by atoms with E-state index >= 15 is 0 Å². The molecule has 0 unspecified atom stereocenters. The van der Waals surface area contributed by atoms with Gasteiger partial charge < -0.3 is 0 Å². The van der Waals surface area contributed by atoms with Gasteiger partial charge in [-0.3, -0.25) is 0 Å². The van der Waals surface area contributed by atoms with E-state index in [9.17, 15) is 29.4 Å². The molecule has 0 aliphatic carbocycles. The van der Waals surface area contributed by atoms with Gasteiger partial charge in [-0.1, -0.05) is 0 Å². The van der Waals surface area contributed by atoms with E-state index in [1.165, 1.54) is 0 Å². The molecule has 0 aromatic carbocycles. The fourth-order valence-electron chi connectivity index (χ4n) is 1.48. The third kappa shape index (κ3) is 13.7. The van der Waals surface area contributed by atoms with Crippen LogP contribution in [-0.2, 0) is 19.1 Å². The zero-order valence-electron chi connectivity index (χ0n) is 16.7. The van der Waals surface area contributed by atoms with E-state index < -0.39 is 47.4 Å². The number of carbonyl (C=O) groups excluding carboxylic acids is 2. The minimum atomic E-state index is -1.19. The van der Waals surface area contributed by atoms with Gasteiger partial charge in [0.1, 0.15) is 0 Å². The van der Waals surface area contributed by atoms with Crippen LogP contribution in [0.2, 0.25) is 10.6 Å². The summed E-state index contributed by atoms with van der Waals surface area (Å²) in [6.07, 6.45) is -1.64. The Bertz CT molecular complexity index is 522. The Labute approximate surface area is 175 Å². The normalized spacial score (nSPS) is 13.8. The zero-order valence-corrected chi connectivity index (χ0v) is 20.2. The monoisotopic (exact) mass is 536 g/mol. The van der Waals surface area contributed by atoms with Gasteiger partial charge in [-0.15, -0.1) is 0 Å². The topological polar surface area (TPSA) is 151 Å². The second-order valence-electron chi connectivity index (χ2n) is 7.64. The Morgan fingerprint density at radius 2 is 1.04 bits per heavy atom. The van der Waals surface area contributed by atoms with Crippen molar-refractivity contribution in [3.05, 3.63) is 0 Å². The predicted octanol–water partition coefficient (Wildman–Crippen LogP) is 1.10. The summed E-state index contributed by atoms with van der Waals surface area (Å²) in [5.41, 5.74) is -1.49. The van der Waals surface area contributed by atoms with Gasteiger partial charge in [-0.25, -0.2) is 0 Å². The zero-order chi connectivity index (χ0) is 22.1. The molecule has 28 heavy (non-hydrogen) atoms. The molecule has 2 amide bonds. The summed E-state index contributed by atoms with van der Waals surface area (Å²) in [6, 6.07) is -2.22. The Balaban J connectivity index is 4.51. The van der Waals surface area contributed by atoms with Gasteiger partial charge in [-0.2, -0.15) is 0 Å². The molecule has 162 valence electrons. The molecule has 0 saturated heterocycles. The molecule has 0 radical (unpaired) electrons. The van der Waals surface area contributed by atoms with Crippen LogP contribution in [0.5, 0.6) is 0 Å². The van der Waals surface area contributed by atoms with Gasteiger partial charge in [0.2, 0.25) is 0 Å². The Morgan fingerprint density at radius 1 is 0.750 bits per heavy atom. The van der Waals surface area contributed by atoms with Crippen LogP contribution in [0.25, 0.3) is 0 Å². The number of carbonyl (C=O) groups is 4. The summed E-state index contributed by atoms with van der Waals surface area (Å²) in [5, 5.41) is 23.4. The summed E-state index contributed by atoms with van der Waals surface area (Å²) < 4.78 is 10.1. The molecular weight excluding hydrogens is 506 g/mol. The molecule has 0 saturated carbocycles. The average molecular weight is 534 g/mol. The van der Waals surface area contributed by atoms with E-state index in [1.54, 1.807) is 41.5 Å². The first-order chi connectivity index (χ1) is 12.6. The van der Waals surface area contributed by atoms with Crippen LogP contribution in [0, 0.1) is 0 Å². The third-order valence-corrected chi connectivity index (χ3v) is 9.63. The predicted molar refractivity (Wildman–Crippen MR) is 103 cm³/mol. The number of rotatable bonds is 9. The number of carboxylic acid groups (broad SMARTS) is 2. The van der Waals surface area contributed by atoms with Crippen molar-refractivity contribution in [2.75, 3.05) is 0 Å². The summed E-state index contributed by atoms with van der Waals surface area (Å²) in [6.45, 7) is 9.99. The van der Waals surface area contributed by atoms with Crippen molar-refractivity contribution in [2.24, 2.45) is 0 Å². The van der Waals surface area contributed by atoms with Crippen molar-refractivity contribution < 1.29 is 38.9 Å². The Hall–Kier alpha value is -1.48. The fraction of sp³-hybridized carbons (Fsp3) is 0.750. The maximum atomic E-state index is 11.7. The van der Waals surface area contributed by atoms with Gasteiger partial charge in [0.15, 0.2) is 0 Å². The van der Waals surface area contributed by atoms with Gasteiger partial charge in [-0.05, 0) is 0 Å². The number of aliphatic carboxylic acids is 2. The van der Waals surface area contributed by atoms with E-state index in [0.29, 0.717) is 0 Å². The standard InChI is InChI=1S/C16H28N2O8Se2/c1-15(2,3)25-13(23)17-9(11(19)20)7-27-28-8-10(12(21)22)18-14(24)26-16(4,5)6/h9-10H,7-8H2,1-6H3,(H,17,23)(H,18,24)(H,19,20)(H,21,22)/t9-,10-/m0/s1. The summed E-state index contributed by atoms with van der Waals surface area (Å²) in [4.78, 5) is 46.0. The third-order valence-electron chi connectivity index (χ3n) is 2.53. The molecule has 0 rings (SSSR count). The molecule has 0 heterocycles. The number of hydrogen-bond donors (Lipinski definition) is 4. The molecule has 0 fully saturated rings. The molecule has 0 aromatic heterocycles. The van der Waals surface area contributed by atoms with Crippen molar-refractivity contribution >= 4 is 50.4 Å². The second kappa shape index (κ2) is 11.5. The van der Waals surface area contributed by atoms with Crippen molar-refractivity contribution in [1.29, 1.82) is 0 Å². The number of nitrogens with one attached hydrogen (secondary N) is 2. The van der Waals surface area contributed by atoms with E-state index in [0.717, 1.165) is 0 Å². The van der Waals surface area contributed by atoms with Crippen LogP contribution in [0.4, 0.5) is 9.59 Å². The van der Waals surface area contributed by atoms with Gasteiger partial charge in [0.05, 0.1) is 0 Å². The molecule has 4 N–H and O–H groups in total. The molecule has 0 aliphatic heterocycles. The molecule has 10 nitrogen and oxygen atoms in total. The Kier molecular flexibility index (Phi) is 10.9. The van der Waals surface area contributed by atoms with Gasteiger partial charge >= 0.3 is 175 Å². The molecule has 0 spiro atoms. The van der Waals surface area contributed by atoms with E-state index in [-0.39, 0.29) is 36.9 Å². The van der Waals surface area contributed by atoms with Crippen molar-refractivity contribution in [3.8, 4) is 0 Å². The van der Waals surface area contributed by atoms with E-state index in [4.69, 9.17) is 9.47 Å². The molecule has 0 aliphatic rings. The van der Waals surface area contributed by atoms with Crippen LogP contribution in [0.15, 0.2) is 0 Å². The van der Waals surface area contributed by atoms with Gasteiger partial charge in [0, 0.05) is 0 Å². The molecule has 2 atom stereocenters. The second-order valence-corrected chi connectivity index (χ2v) is 15.2. The van der Waals surface area contributed by atoms with E-state index in [1.807, 2.05) is 0 Å². The molecular formula is C16H28N2O8Se2. The first kappa shape index (κ1) is 26.5. The molecule has 12 heteroatoms. The van der Waals surface area contributed by atoms with E-state index in [2.05, 4.69) is 10.6 Å². The maximum absolute atomic E-state index is 11.7. The average Bonchev–Trinajstić information content (AvgIpc) is 2.44. The van der Waals surface area contributed by atoms with Crippen molar-refractivity contribution in [3.63, 3.8) is 0 Å². The molecule has 0 aromatic rings. The fourth-order valence-corrected chi connectivity index (χ4v) is 8.47. The van der Waals surface area contributed by atoms with Crippen LogP contribution in [-0.4, -0.2) is 83.9 Å². The van der Waals surface area contributed by atoms with Crippen LogP contribution >= 0.6 is 0 Å². The van der Waals surface area contributed by atoms with Gasteiger partial charge in [0.25, 0.3) is 0 Å². The quantitative estimate of drug-likeness (QED) is 0.254. The van der Waals surface area contributed by atoms with Crippen LogP contribution < -0.4 is 10.6 Å². The van der Waals surface area contributed by atoms with Crippen LogP contribution in [0.1, 0.15) is 41.5 Å². The summed E-state index contributed by atoms with van der Waals surface area (Å²) >= 11 is -0.428. The number of hydrogen-bond acceptors (Lipinski definition) is 6. The first-order valence-electron chi connectivity index (χ1n) is 8.30. The number of alkyl carbamates (subject to hydrolysis) is 2. The van der Waals surface area contributed by atoms with Crippen molar-refractivity contribution in [1.82, 2.24) is 10.6 Å². The minimum absolute atomic E-state index is 0.181. The summed E-state index contributed by atoms with van der Waals surface area (Å²) in [5.74, 6) is -2.38. The SMILES string of the molecule is CC(C)(C)OC(=O)N[C@@H](C[Se][Se]C[C@H](NC(=O)OC(C)(C)C)C(=O)O)C(=O)O. The Morgan fingerprint density at radius 3 is 1.25 bits per heavy atom.